The van der Waals surface area contributed by atoms with Crippen LogP contribution in [0.3, 0.4) is 0 Å². The zero-order chi connectivity index (χ0) is 13.0. The largest absolute Gasteiger partial charge is 0.368 e. The number of nitrogens with zero attached hydrogens (tertiary/aromatic N) is 2. The van der Waals surface area contributed by atoms with Gasteiger partial charge in [-0.2, -0.15) is 0 Å². The summed E-state index contributed by atoms with van der Waals surface area (Å²) in [6.45, 7) is 2.87. The number of ether oxygens (including phenoxy) is 1. The molecule has 0 amide bonds. The van der Waals surface area contributed by atoms with Crippen molar-refractivity contribution < 1.29 is 25.1 Å². The van der Waals surface area contributed by atoms with Crippen molar-refractivity contribution in [3.05, 3.63) is 30.6 Å². The van der Waals surface area contributed by atoms with Crippen molar-refractivity contribution in [1.82, 2.24) is 0 Å². The molecule has 0 aliphatic carbocycles. The molecule has 0 fully saturated rings. The van der Waals surface area contributed by atoms with E-state index in [9.17, 15) is 0 Å². The summed E-state index contributed by atoms with van der Waals surface area (Å²) in [6.07, 6.45) is -1.75. The fourth-order valence-corrected chi connectivity index (χ4v) is 0.285. The Hall–Kier alpha value is -1.72. The van der Waals surface area contributed by atoms with E-state index in [1.54, 1.807) is 0 Å². The molecule has 0 radical (unpaired) electrons. The Balaban J connectivity index is -0.000000155. The Bertz CT molecular complexity index is 143. The van der Waals surface area contributed by atoms with E-state index in [0.29, 0.717) is 0 Å². The fraction of sp³-hybridized carbons (Fsp3) is 1.00. The van der Waals surface area contributed by atoms with Crippen LogP contribution in [0.4, 0.5) is 0 Å². The third kappa shape index (κ3) is 250. The number of hydrogen-bond acceptors (Lipinski definition) is 9. The van der Waals surface area contributed by atoms with E-state index in [1.807, 2.05) is 0 Å². The third-order valence-electron chi connectivity index (χ3n) is 0.394. The summed E-state index contributed by atoms with van der Waals surface area (Å²) in [5.74, 6) is 0. The van der Waals surface area contributed by atoms with Crippen LogP contribution in [0.15, 0.2) is 0 Å². The van der Waals surface area contributed by atoms with Gasteiger partial charge in [0.15, 0.2) is 12.6 Å². The van der Waals surface area contributed by atoms with E-state index >= 15 is 0 Å². The highest BCUT2D eigenvalue weighted by atomic mass is 16.9. The van der Waals surface area contributed by atoms with Crippen molar-refractivity contribution in [1.29, 1.82) is 0 Å². The number of aliphatic hydroxyl groups is 2. The lowest BCUT2D eigenvalue weighted by molar-refractivity contribution is -0.403. The molecular weight excluding hydrogens is 220 g/mol. The van der Waals surface area contributed by atoms with E-state index < -0.39 is 22.8 Å². The van der Waals surface area contributed by atoms with Gasteiger partial charge in [-0.3, -0.25) is 0 Å². The van der Waals surface area contributed by atoms with Gasteiger partial charge in [0.1, 0.15) is 0 Å². The SMILES string of the molecule is CC(O)OC(C)O.O=[N+]([O-])[O-].O=[N+]([O-])[O-]. The Labute approximate surface area is 83.4 Å². The molecule has 2 unspecified atom stereocenters. The average Bonchev–Trinajstić information content (AvgIpc) is 1.78. The normalized spacial score (nSPS) is 12.0. The smallest absolute Gasteiger partial charge is 0.154 e. The molecule has 11 heteroatoms. The molecule has 15 heavy (non-hydrogen) atoms. The van der Waals surface area contributed by atoms with Crippen molar-refractivity contribution in [3.8, 4) is 0 Å². The summed E-state index contributed by atoms with van der Waals surface area (Å²) in [5, 5.41) is 46.2. The van der Waals surface area contributed by atoms with Gasteiger partial charge in [-0.15, -0.1) is 0 Å². The van der Waals surface area contributed by atoms with Crippen LogP contribution in [0.25, 0.3) is 0 Å². The molecule has 0 bridgehead atoms. The second-order valence-electron chi connectivity index (χ2n) is 1.78. The zero-order valence-corrected chi connectivity index (χ0v) is 7.80. The quantitative estimate of drug-likeness (QED) is 0.348. The molecule has 0 rings (SSSR count). The average molecular weight is 230 g/mol. The molecule has 0 aliphatic rings. The number of rotatable bonds is 2. The maximum absolute atomic E-state index is 8.34. The minimum Gasteiger partial charge on any atom is -0.368 e. The van der Waals surface area contributed by atoms with Crippen LogP contribution < -0.4 is 0 Å². The Morgan fingerprint density at radius 1 is 0.933 bits per heavy atom. The molecule has 0 saturated carbocycles. The molecule has 0 aromatic rings. The van der Waals surface area contributed by atoms with E-state index in [-0.39, 0.29) is 0 Å². The highest BCUT2D eigenvalue weighted by Crippen LogP contribution is 1.87. The molecule has 0 aromatic carbocycles. The van der Waals surface area contributed by atoms with Crippen molar-refractivity contribution in [2.45, 2.75) is 26.4 Å². The molecule has 11 nitrogen and oxygen atoms in total. The lowest BCUT2D eigenvalue weighted by Crippen LogP contribution is -2.14. The van der Waals surface area contributed by atoms with Crippen LogP contribution in [-0.2, 0) is 4.74 Å². The van der Waals surface area contributed by atoms with Gasteiger partial charge >= 0.3 is 0 Å². The van der Waals surface area contributed by atoms with Gasteiger partial charge in [0.05, 0.1) is 10.2 Å². The van der Waals surface area contributed by atoms with Gasteiger partial charge in [0.25, 0.3) is 0 Å². The summed E-state index contributed by atoms with van der Waals surface area (Å²) in [6, 6.07) is 0. The summed E-state index contributed by atoms with van der Waals surface area (Å²) < 4.78 is 4.36. The van der Waals surface area contributed by atoms with Crippen molar-refractivity contribution >= 4 is 0 Å². The second-order valence-corrected chi connectivity index (χ2v) is 1.78. The first-order valence-corrected chi connectivity index (χ1v) is 3.24. The molecule has 2 atom stereocenters. The van der Waals surface area contributed by atoms with Crippen LogP contribution in [-0.4, -0.2) is 33.0 Å². The summed E-state index contributed by atoms with van der Waals surface area (Å²) >= 11 is 0. The first-order valence-electron chi connectivity index (χ1n) is 3.24. The molecule has 0 saturated heterocycles. The maximum Gasteiger partial charge on any atom is 0.154 e. The first kappa shape index (κ1) is 18.9. The van der Waals surface area contributed by atoms with Gasteiger partial charge in [0.2, 0.25) is 0 Å². The Morgan fingerprint density at radius 3 is 1.07 bits per heavy atom. The molecule has 2 N–H and O–H groups in total. The summed E-state index contributed by atoms with van der Waals surface area (Å²) in [7, 11) is 0. The topological polar surface area (TPSA) is 182 Å². The van der Waals surface area contributed by atoms with Crippen LogP contribution in [0, 0.1) is 30.6 Å². The minimum atomic E-state index is -1.75. The van der Waals surface area contributed by atoms with Gasteiger partial charge < -0.3 is 45.6 Å². The maximum atomic E-state index is 8.34. The van der Waals surface area contributed by atoms with Crippen molar-refractivity contribution in [2.75, 3.05) is 0 Å². The first-order chi connectivity index (χ1) is 6.59. The van der Waals surface area contributed by atoms with E-state index in [0.717, 1.165) is 0 Å². The predicted octanol–water partition coefficient (Wildman–Crippen LogP) is -0.799. The highest BCUT2D eigenvalue weighted by molar-refractivity contribution is 4.24. The second kappa shape index (κ2) is 12.3. The van der Waals surface area contributed by atoms with Gasteiger partial charge in [-0.05, 0) is 13.8 Å². The third-order valence-corrected chi connectivity index (χ3v) is 0.394. The zero-order valence-electron chi connectivity index (χ0n) is 7.80. The number of hydrogen-bond donors (Lipinski definition) is 2. The molecular formula is C4H10N2O9-2. The Morgan fingerprint density at radius 2 is 1.07 bits per heavy atom. The standard InChI is InChI=1S/C4H10O3.2NO3/c1-3(5)7-4(2)6;2*2-1(3)4/h3-6H,1-2H3;;/q;2*-1. The van der Waals surface area contributed by atoms with Crippen LogP contribution >= 0.6 is 0 Å². The minimum absolute atomic E-state index is 0.875. The van der Waals surface area contributed by atoms with Crippen LogP contribution in [0.2, 0.25) is 0 Å². The lowest BCUT2D eigenvalue weighted by Gasteiger charge is -2.07. The molecule has 92 valence electrons. The van der Waals surface area contributed by atoms with Gasteiger partial charge in [-0.1, -0.05) is 0 Å². The van der Waals surface area contributed by atoms with Gasteiger partial charge in [-0.25, -0.2) is 0 Å². The van der Waals surface area contributed by atoms with Crippen molar-refractivity contribution in [2.24, 2.45) is 0 Å². The van der Waals surface area contributed by atoms with E-state index in [2.05, 4.69) is 4.74 Å². The highest BCUT2D eigenvalue weighted by Gasteiger charge is 1.97. The molecule has 0 aromatic heterocycles. The number of aliphatic hydroxyl groups excluding tert-OH is 2. The summed E-state index contributed by atoms with van der Waals surface area (Å²) in [4.78, 5) is 16.5. The molecule has 0 spiro atoms. The predicted molar refractivity (Wildman–Crippen MR) is 45.2 cm³/mol. The van der Waals surface area contributed by atoms with Gasteiger partial charge in [0, 0.05) is 0 Å². The molecule has 0 heterocycles. The van der Waals surface area contributed by atoms with Crippen LogP contribution in [0.5, 0.6) is 0 Å². The van der Waals surface area contributed by atoms with Crippen LogP contribution in [0.1, 0.15) is 13.8 Å². The van der Waals surface area contributed by atoms with E-state index in [1.165, 1.54) is 13.8 Å². The molecule has 0 aliphatic heterocycles. The summed E-state index contributed by atoms with van der Waals surface area (Å²) in [5.41, 5.74) is 0. The fourth-order valence-electron chi connectivity index (χ4n) is 0.285. The monoisotopic (exact) mass is 230 g/mol. The lowest BCUT2D eigenvalue weighted by atomic mass is 10.7. The Kier molecular flexibility index (Phi) is 15.5. The van der Waals surface area contributed by atoms with Crippen molar-refractivity contribution in [3.63, 3.8) is 0 Å². The van der Waals surface area contributed by atoms with E-state index in [4.69, 9.17) is 40.9 Å².